The van der Waals surface area contributed by atoms with Crippen molar-refractivity contribution in [1.82, 2.24) is 14.7 Å². The van der Waals surface area contributed by atoms with Crippen LogP contribution in [0.5, 0.6) is 0 Å². The molecular weight excluding hydrogens is 442 g/mol. The smallest absolute Gasteiger partial charge is 0.411 e. The summed E-state index contributed by atoms with van der Waals surface area (Å²) in [6, 6.07) is 19.1. The lowest BCUT2D eigenvalue weighted by molar-refractivity contribution is -0.101. The van der Waals surface area contributed by atoms with Crippen molar-refractivity contribution in [1.29, 1.82) is 0 Å². The van der Waals surface area contributed by atoms with Crippen LogP contribution in [0.15, 0.2) is 65.5 Å². The quantitative estimate of drug-likeness (QED) is 0.558. The van der Waals surface area contributed by atoms with Crippen molar-refractivity contribution in [2.45, 2.75) is 57.8 Å². The van der Waals surface area contributed by atoms with Crippen LogP contribution in [-0.4, -0.2) is 38.0 Å². The second-order valence-corrected chi connectivity index (χ2v) is 10.1. The number of ether oxygens (including phenoxy) is 1. The molecular formula is C28H33N3O4. The summed E-state index contributed by atoms with van der Waals surface area (Å²) in [4.78, 5) is 26.9. The Bertz CT molecular complexity index is 1240. The molecule has 0 bridgehead atoms. The zero-order valence-corrected chi connectivity index (χ0v) is 21.0. The Kier molecular flexibility index (Phi) is 6.56. The number of amides is 1. The predicted molar refractivity (Wildman–Crippen MR) is 135 cm³/mol. The van der Waals surface area contributed by atoms with Gasteiger partial charge in [0.25, 0.3) is 5.56 Å². The Balaban J connectivity index is 1.55. The number of hydrogen-bond donors (Lipinski definition) is 1. The number of benzene rings is 2. The van der Waals surface area contributed by atoms with Crippen LogP contribution in [0.2, 0.25) is 0 Å². The number of carbonyl (C=O) groups excluding carboxylic acids is 1. The number of aliphatic hydroxyl groups is 1. The summed E-state index contributed by atoms with van der Waals surface area (Å²) in [6.45, 7) is 7.75. The number of nitrogens with zero attached hydrogens (tertiary/aromatic N) is 3. The van der Waals surface area contributed by atoms with E-state index in [1.807, 2.05) is 61.5 Å². The van der Waals surface area contributed by atoms with E-state index in [2.05, 4.69) is 5.10 Å². The second-order valence-electron chi connectivity index (χ2n) is 10.1. The average Bonchev–Trinajstić information content (AvgIpc) is 2.81. The van der Waals surface area contributed by atoms with Crippen LogP contribution in [-0.2, 0) is 17.4 Å². The van der Waals surface area contributed by atoms with Crippen molar-refractivity contribution in [2.75, 3.05) is 6.54 Å². The highest BCUT2D eigenvalue weighted by Gasteiger charge is 2.46. The third-order valence-corrected chi connectivity index (χ3v) is 6.69. The van der Waals surface area contributed by atoms with Gasteiger partial charge in [-0.1, -0.05) is 54.6 Å². The zero-order valence-electron chi connectivity index (χ0n) is 21.0. The first-order valence-electron chi connectivity index (χ1n) is 11.9. The third-order valence-electron chi connectivity index (χ3n) is 6.69. The summed E-state index contributed by atoms with van der Waals surface area (Å²) < 4.78 is 7.45. The minimum absolute atomic E-state index is 0.112. The molecule has 7 nitrogen and oxygen atoms in total. The summed E-state index contributed by atoms with van der Waals surface area (Å²) in [5.41, 5.74) is 2.15. The van der Waals surface area contributed by atoms with E-state index in [4.69, 9.17) is 4.74 Å². The maximum Gasteiger partial charge on any atom is 0.411 e. The number of hydrogen-bond acceptors (Lipinski definition) is 5. The molecule has 184 valence electrons. The lowest BCUT2D eigenvalue weighted by Gasteiger charge is -2.45. The Morgan fingerprint density at radius 2 is 1.77 bits per heavy atom. The molecule has 0 spiro atoms. The second kappa shape index (κ2) is 9.30. The number of cyclic esters (lactones) is 1. The van der Waals surface area contributed by atoms with E-state index in [1.54, 1.807) is 38.8 Å². The van der Waals surface area contributed by atoms with Gasteiger partial charge in [-0.2, -0.15) is 5.10 Å². The molecule has 3 aromatic rings. The Morgan fingerprint density at radius 3 is 2.34 bits per heavy atom. The summed E-state index contributed by atoms with van der Waals surface area (Å²) in [6.07, 6.45) is 0.506. The first kappa shape index (κ1) is 24.7. The fraction of sp³-hybridized carbons (Fsp3) is 0.393. The van der Waals surface area contributed by atoms with Gasteiger partial charge in [-0.25, -0.2) is 9.48 Å². The molecule has 0 saturated carbocycles. The molecule has 35 heavy (non-hydrogen) atoms. The number of carbonyl (C=O) groups is 1. The third kappa shape index (κ3) is 5.15. The lowest BCUT2D eigenvalue weighted by atomic mass is 9.80. The van der Waals surface area contributed by atoms with Crippen LogP contribution in [0.25, 0.3) is 11.3 Å². The fourth-order valence-corrected chi connectivity index (χ4v) is 4.90. The number of aromatic nitrogens is 2. The molecule has 1 aromatic heterocycles. The Morgan fingerprint density at radius 1 is 1.11 bits per heavy atom. The molecule has 0 radical (unpaired) electrons. The maximum atomic E-state index is 13.3. The number of rotatable bonds is 6. The van der Waals surface area contributed by atoms with Crippen LogP contribution >= 0.6 is 0 Å². The van der Waals surface area contributed by atoms with E-state index in [0.29, 0.717) is 24.9 Å². The van der Waals surface area contributed by atoms with Gasteiger partial charge >= 0.3 is 6.09 Å². The van der Waals surface area contributed by atoms with E-state index in [-0.39, 0.29) is 11.6 Å². The van der Waals surface area contributed by atoms with Crippen LogP contribution < -0.4 is 5.56 Å². The molecule has 2 atom stereocenters. The van der Waals surface area contributed by atoms with Gasteiger partial charge in [0.2, 0.25) is 0 Å². The standard InChI is InChI=1S/C28H33N3O4/c1-19-17-24(29-30(5)25(19)32)22-13-11-21(12-14-22)20(2)31-16-15-28(35-26(31)33,18-27(3,4)34)23-9-7-6-8-10-23/h6-14,17,20,34H,15-16,18H2,1-5H3/t20-,28?/m0/s1. The molecule has 0 aliphatic carbocycles. The van der Waals surface area contributed by atoms with E-state index < -0.39 is 17.3 Å². The summed E-state index contributed by atoms with van der Waals surface area (Å²) >= 11 is 0. The molecule has 1 unspecified atom stereocenters. The molecule has 1 amide bonds. The van der Waals surface area contributed by atoms with Gasteiger partial charge in [-0.05, 0) is 44.9 Å². The highest BCUT2D eigenvalue weighted by Crippen LogP contribution is 2.42. The van der Waals surface area contributed by atoms with E-state index >= 15 is 0 Å². The van der Waals surface area contributed by atoms with E-state index in [9.17, 15) is 14.7 Å². The van der Waals surface area contributed by atoms with Crippen molar-refractivity contribution in [3.05, 3.63) is 87.7 Å². The molecule has 7 heteroatoms. The first-order chi connectivity index (χ1) is 16.5. The van der Waals surface area contributed by atoms with Crippen molar-refractivity contribution < 1.29 is 14.6 Å². The highest BCUT2D eigenvalue weighted by atomic mass is 16.6. The Labute approximate surface area is 206 Å². The zero-order chi connectivity index (χ0) is 25.4. The van der Waals surface area contributed by atoms with Crippen molar-refractivity contribution in [3.8, 4) is 11.3 Å². The predicted octanol–water partition coefficient (Wildman–Crippen LogP) is 4.72. The molecule has 2 heterocycles. The van der Waals surface area contributed by atoms with Gasteiger partial charge in [0.1, 0.15) is 5.60 Å². The molecule has 1 N–H and O–H groups in total. The van der Waals surface area contributed by atoms with E-state index in [1.165, 1.54) is 4.68 Å². The summed E-state index contributed by atoms with van der Waals surface area (Å²) in [5.74, 6) is 0. The van der Waals surface area contributed by atoms with Gasteiger partial charge in [-0.15, -0.1) is 0 Å². The molecule has 1 aliphatic rings. The topological polar surface area (TPSA) is 84.7 Å². The SMILES string of the molecule is Cc1cc(-c2ccc([C@H](C)N3CCC(CC(C)(C)O)(c4ccccc4)OC3=O)cc2)nn(C)c1=O. The van der Waals surface area contributed by atoms with Crippen LogP contribution in [0.3, 0.4) is 0 Å². The lowest BCUT2D eigenvalue weighted by Crippen LogP contribution is -2.51. The molecule has 2 aromatic carbocycles. The maximum absolute atomic E-state index is 13.3. The fourth-order valence-electron chi connectivity index (χ4n) is 4.90. The van der Waals surface area contributed by atoms with Crippen LogP contribution in [0.1, 0.15) is 56.3 Å². The van der Waals surface area contributed by atoms with Gasteiger partial charge < -0.3 is 14.7 Å². The molecule has 1 aliphatic heterocycles. The van der Waals surface area contributed by atoms with Crippen molar-refractivity contribution in [3.63, 3.8) is 0 Å². The molecule has 1 saturated heterocycles. The van der Waals surface area contributed by atoms with Gasteiger partial charge in [0.05, 0.1) is 17.3 Å². The van der Waals surface area contributed by atoms with Gasteiger partial charge in [-0.3, -0.25) is 4.79 Å². The first-order valence-corrected chi connectivity index (χ1v) is 11.9. The largest absolute Gasteiger partial charge is 0.438 e. The molecule has 1 fully saturated rings. The van der Waals surface area contributed by atoms with E-state index in [0.717, 1.165) is 22.4 Å². The Hall–Kier alpha value is -3.45. The average molecular weight is 476 g/mol. The minimum Gasteiger partial charge on any atom is -0.438 e. The van der Waals surface area contributed by atoms with Crippen LogP contribution in [0.4, 0.5) is 4.79 Å². The normalized spacial score (nSPS) is 19.4. The highest BCUT2D eigenvalue weighted by molar-refractivity contribution is 5.70. The minimum atomic E-state index is -0.993. The monoisotopic (exact) mass is 475 g/mol. The molecule has 4 rings (SSSR count). The summed E-state index contributed by atoms with van der Waals surface area (Å²) in [5, 5.41) is 14.9. The summed E-state index contributed by atoms with van der Waals surface area (Å²) in [7, 11) is 1.64. The van der Waals surface area contributed by atoms with Gasteiger partial charge in [0.15, 0.2) is 0 Å². The van der Waals surface area contributed by atoms with Crippen molar-refractivity contribution >= 4 is 6.09 Å². The van der Waals surface area contributed by atoms with Crippen molar-refractivity contribution in [2.24, 2.45) is 7.05 Å². The van der Waals surface area contributed by atoms with Gasteiger partial charge in [0, 0.05) is 37.6 Å². The number of aryl methyl sites for hydroxylation is 2. The van der Waals surface area contributed by atoms with Crippen LogP contribution in [0, 0.1) is 6.92 Å².